The van der Waals surface area contributed by atoms with Crippen molar-refractivity contribution in [3.8, 4) is 0 Å². The predicted molar refractivity (Wildman–Crippen MR) is 80.8 cm³/mol. The van der Waals surface area contributed by atoms with Crippen LogP contribution in [-0.4, -0.2) is 50.4 Å². The third kappa shape index (κ3) is 6.75. The van der Waals surface area contributed by atoms with Gasteiger partial charge in [-0.1, -0.05) is 0 Å². The third-order valence-electron chi connectivity index (χ3n) is 2.54. The van der Waals surface area contributed by atoms with E-state index in [-0.39, 0.29) is 18.4 Å². The Labute approximate surface area is 119 Å². The van der Waals surface area contributed by atoms with Gasteiger partial charge in [0.25, 0.3) is 0 Å². The fourth-order valence-electron chi connectivity index (χ4n) is 1.54. The summed E-state index contributed by atoms with van der Waals surface area (Å²) in [5.74, 6) is -0.149. The second kappa shape index (κ2) is 8.16. The van der Waals surface area contributed by atoms with E-state index in [1.54, 1.807) is 12.1 Å². The fourth-order valence-corrected chi connectivity index (χ4v) is 1.54. The Hall–Kier alpha value is -2.08. The highest BCUT2D eigenvalue weighted by Crippen LogP contribution is 2.12. The lowest BCUT2D eigenvalue weighted by Gasteiger charge is -2.11. The lowest BCUT2D eigenvalue weighted by atomic mass is 10.2. The summed E-state index contributed by atoms with van der Waals surface area (Å²) in [7, 11) is 3.92. The first-order chi connectivity index (χ1) is 9.47. The van der Waals surface area contributed by atoms with Crippen molar-refractivity contribution in [3.63, 3.8) is 0 Å². The summed E-state index contributed by atoms with van der Waals surface area (Å²) in [4.78, 5) is 24.4. The quantitative estimate of drug-likeness (QED) is 0.687. The van der Waals surface area contributed by atoms with Crippen LogP contribution in [0.15, 0.2) is 24.3 Å². The lowest BCUT2D eigenvalue weighted by Crippen LogP contribution is -2.34. The average molecular weight is 278 g/mol. The summed E-state index contributed by atoms with van der Waals surface area (Å²) in [6.07, 6.45) is 0. The zero-order valence-electron chi connectivity index (χ0n) is 12.2. The summed E-state index contributed by atoms with van der Waals surface area (Å²) in [5, 5.41) is 8.53. The molecule has 1 aromatic carbocycles. The maximum absolute atomic E-state index is 11.6. The zero-order chi connectivity index (χ0) is 15.0. The third-order valence-corrected chi connectivity index (χ3v) is 2.54. The molecule has 3 N–H and O–H groups in total. The second-order valence-corrected chi connectivity index (χ2v) is 4.77. The molecule has 0 bridgehead atoms. The molecule has 0 aliphatic carbocycles. The lowest BCUT2D eigenvalue weighted by molar-refractivity contribution is -0.119. The van der Waals surface area contributed by atoms with Crippen LogP contribution in [-0.2, 0) is 9.59 Å². The molecule has 20 heavy (non-hydrogen) atoms. The van der Waals surface area contributed by atoms with Crippen molar-refractivity contribution in [2.45, 2.75) is 6.92 Å². The van der Waals surface area contributed by atoms with Gasteiger partial charge in [0, 0.05) is 31.4 Å². The molecule has 0 fully saturated rings. The number of nitrogens with zero attached hydrogens (tertiary/aromatic N) is 1. The van der Waals surface area contributed by atoms with E-state index in [4.69, 9.17) is 0 Å². The molecule has 0 unspecified atom stereocenters. The molecule has 0 spiro atoms. The Morgan fingerprint density at radius 3 is 2.25 bits per heavy atom. The number of hydrogen-bond donors (Lipinski definition) is 3. The van der Waals surface area contributed by atoms with Gasteiger partial charge in [0.1, 0.15) is 0 Å². The molecular formula is C14H22N4O2. The molecule has 0 saturated heterocycles. The number of benzene rings is 1. The van der Waals surface area contributed by atoms with Gasteiger partial charge in [0.05, 0.1) is 6.54 Å². The molecule has 0 saturated carbocycles. The Bertz CT molecular complexity index is 443. The van der Waals surface area contributed by atoms with Gasteiger partial charge in [0.2, 0.25) is 11.8 Å². The largest absolute Gasteiger partial charge is 0.376 e. The number of likely N-dealkylation sites (N-methyl/N-ethyl adjacent to an activating group) is 1. The Morgan fingerprint density at radius 1 is 1.10 bits per heavy atom. The number of amides is 2. The monoisotopic (exact) mass is 278 g/mol. The molecule has 0 heterocycles. The molecule has 6 nitrogen and oxygen atoms in total. The van der Waals surface area contributed by atoms with Gasteiger partial charge in [-0.2, -0.15) is 0 Å². The molecular weight excluding hydrogens is 256 g/mol. The molecule has 6 heteroatoms. The summed E-state index contributed by atoms with van der Waals surface area (Å²) in [6.45, 7) is 3.14. The van der Waals surface area contributed by atoms with Crippen LogP contribution in [0.3, 0.4) is 0 Å². The van der Waals surface area contributed by atoms with Crippen molar-refractivity contribution in [3.05, 3.63) is 24.3 Å². The summed E-state index contributed by atoms with van der Waals surface area (Å²) in [6, 6.07) is 7.21. The smallest absolute Gasteiger partial charge is 0.239 e. The zero-order valence-corrected chi connectivity index (χ0v) is 12.2. The molecule has 1 rings (SSSR count). The maximum Gasteiger partial charge on any atom is 0.239 e. The highest BCUT2D eigenvalue weighted by atomic mass is 16.2. The Morgan fingerprint density at radius 2 is 1.70 bits per heavy atom. The van der Waals surface area contributed by atoms with Gasteiger partial charge in [-0.05, 0) is 38.4 Å². The number of hydrogen-bond acceptors (Lipinski definition) is 4. The van der Waals surface area contributed by atoms with E-state index in [9.17, 15) is 9.59 Å². The molecule has 110 valence electrons. The van der Waals surface area contributed by atoms with Crippen LogP contribution in [0.1, 0.15) is 6.92 Å². The van der Waals surface area contributed by atoms with E-state index in [1.165, 1.54) is 6.92 Å². The van der Waals surface area contributed by atoms with E-state index >= 15 is 0 Å². The van der Waals surface area contributed by atoms with Gasteiger partial charge < -0.3 is 20.9 Å². The minimum Gasteiger partial charge on any atom is -0.376 e. The average Bonchev–Trinajstić information content (AvgIpc) is 2.37. The van der Waals surface area contributed by atoms with Crippen LogP contribution in [0, 0.1) is 0 Å². The first-order valence-corrected chi connectivity index (χ1v) is 6.50. The van der Waals surface area contributed by atoms with Gasteiger partial charge in [-0.3, -0.25) is 9.59 Å². The predicted octanol–water partition coefficient (Wildman–Crippen LogP) is 0.735. The normalized spacial score (nSPS) is 10.2. The number of rotatable bonds is 7. The van der Waals surface area contributed by atoms with Crippen molar-refractivity contribution in [2.24, 2.45) is 0 Å². The van der Waals surface area contributed by atoms with Crippen LogP contribution >= 0.6 is 0 Å². The SMILES string of the molecule is CC(=O)Nc1ccc(NCC(=O)NCCN(C)C)cc1. The standard InChI is InChI=1S/C14H22N4O2/c1-11(19)17-13-6-4-12(5-7-13)16-10-14(20)15-8-9-18(2)3/h4-7,16H,8-10H2,1-3H3,(H,15,20)(H,17,19). The number of anilines is 2. The first kappa shape index (κ1) is 16.0. The maximum atomic E-state index is 11.6. The highest BCUT2D eigenvalue weighted by molar-refractivity contribution is 5.88. The van der Waals surface area contributed by atoms with Crippen molar-refractivity contribution >= 4 is 23.2 Å². The minimum atomic E-state index is -0.106. The van der Waals surface area contributed by atoms with Crippen LogP contribution in [0.5, 0.6) is 0 Å². The molecule has 0 aromatic heterocycles. The van der Waals surface area contributed by atoms with Crippen molar-refractivity contribution in [1.29, 1.82) is 0 Å². The Kier molecular flexibility index (Phi) is 6.52. The topological polar surface area (TPSA) is 73.5 Å². The molecule has 0 aliphatic rings. The van der Waals surface area contributed by atoms with E-state index in [2.05, 4.69) is 16.0 Å². The summed E-state index contributed by atoms with van der Waals surface area (Å²) >= 11 is 0. The summed E-state index contributed by atoms with van der Waals surface area (Å²) < 4.78 is 0. The second-order valence-electron chi connectivity index (χ2n) is 4.77. The van der Waals surface area contributed by atoms with E-state index < -0.39 is 0 Å². The van der Waals surface area contributed by atoms with Crippen LogP contribution in [0.4, 0.5) is 11.4 Å². The van der Waals surface area contributed by atoms with Gasteiger partial charge in [-0.25, -0.2) is 0 Å². The van der Waals surface area contributed by atoms with Gasteiger partial charge >= 0.3 is 0 Å². The van der Waals surface area contributed by atoms with E-state index in [0.29, 0.717) is 6.54 Å². The van der Waals surface area contributed by atoms with Crippen LogP contribution in [0.2, 0.25) is 0 Å². The Balaban J connectivity index is 2.30. The summed E-state index contributed by atoms with van der Waals surface area (Å²) in [5.41, 5.74) is 1.57. The van der Waals surface area contributed by atoms with Gasteiger partial charge in [0.15, 0.2) is 0 Å². The molecule has 0 radical (unpaired) electrons. The van der Waals surface area contributed by atoms with E-state index in [1.807, 2.05) is 31.1 Å². The van der Waals surface area contributed by atoms with Crippen LogP contribution < -0.4 is 16.0 Å². The first-order valence-electron chi connectivity index (χ1n) is 6.50. The van der Waals surface area contributed by atoms with Crippen molar-refractivity contribution < 1.29 is 9.59 Å². The van der Waals surface area contributed by atoms with Crippen LogP contribution in [0.25, 0.3) is 0 Å². The highest BCUT2D eigenvalue weighted by Gasteiger charge is 2.01. The number of nitrogens with one attached hydrogen (secondary N) is 3. The molecule has 0 atom stereocenters. The number of carbonyl (C=O) groups is 2. The minimum absolute atomic E-state index is 0.0437. The number of carbonyl (C=O) groups excluding carboxylic acids is 2. The van der Waals surface area contributed by atoms with Crippen molar-refractivity contribution in [2.75, 3.05) is 44.4 Å². The fraction of sp³-hybridized carbons (Fsp3) is 0.429. The molecule has 2 amide bonds. The van der Waals surface area contributed by atoms with E-state index in [0.717, 1.165) is 17.9 Å². The van der Waals surface area contributed by atoms with Gasteiger partial charge in [-0.15, -0.1) is 0 Å². The molecule has 0 aliphatic heterocycles. The van der Waals surface area contributed by atoms with Crippen molar-refractivity contribution in [1.82, 2.24) is 10.2 Å². The molecule has 1 aromatic rings.